The van der Waals surface area contributed by atoms with Gasteiger partial charge in [0.25, 0.3) is 0 Å². The minimum Gasteiger partial charge on any atom is -0.478 e. The second-order valence-corrected chi connectivity index (χ2v) is 5.79. The van der Waals surface area contributed by atoms with Crippen LogP contribution in [-0.4, -0.2) is 35.1 Å². The largest absolute Gasteiger partial charge is 0.478 e. The lowest BCUT2D eigenvalue weighted by Gasteiger charge is -2.33. The number of aromatic carboxylic acids is 1. The molecule has 0 heterocycles. The Morgan fingerprint density at radius 2 is 1.95 bits per heavy atom. The molecule has 21 heavy (non-hydrogen) atoms. The van der Waals surface area contributed by atoms with Gasteiger partial charge in [-0.15, -0.1) is 0 Å². The van der Waals surface area contributed by atoms with Crippen LogP contribution in [0.5, 0.6) is 0 Å². The first-order valence-corrected chi connectivity index (χ1v) is 7.31. The van der Waals surface area contributed by atoms with Crippen LogP contribution in [0, 0.1) is 5.92 Å². The van der Waals surface area contributed by atoms with Crippen molar-refractivity contribution in [2.45, 2.75) is 38.8 Å². The van der Waals surface area contributed by atoms with Crippen LogP contribution in [0.2, 0.25) is 0 Å². The molecule has 0 radical (unpaired) electrons. The highest BCUT2D eigenvalue weighted by atomic mass is 16.4. The van der Waals surface area contributed by atoms with Gasteiger partial charge in [0.05, 0.1) is 5.56 Å². The van der Waals surface area contributed by atoms with Crippen LogP contribution >= 0.6 is 0 Å². The van der Waals surface area contributed by atoms with E-state index in [1.807, 2.05) is 0 Å². The molecule has 5 heteroatoms. The number of urea groups is 1. The number of hydrogen-bond donors (Lipinski definition) is 2. The van der Waals surface area contributed by atoms with Gasteiger partial charge in [-0.3, -0.25) is 0 Å². The summed E-state index contributed by atoms with van der Waals surface area (Å²) in [5.41, 5.74) is 1.17. The predicted molar refractivity (Wildman–Crippen MR) is 80.2 cm³/mol. The van der Waals surface area contributed by atoms with Crippen molar-refractivity contribution < 1.29 is 14.7 Å². The quantitative estimate of drug-likeness (QED) is 0.876. The van der Waals surface area contributed by atoms with E-state index in [2.05, 4.69) is 12.2 Å². The third kappa shape index (κ3) is 3.97. The molecule has 1 fully saturated rings. The first-order valence-electron chi connectivity index (χ1n) is 7.31. The van der Waals surface area contributed by atoms with Gasteiger partial charge in [0, 0.05) is 19.6 Å². The molecule has 2 N–H and O–H groups in total. The van der Waals surface area contributed by atoms with Crippen molar-refractivity contribution in [1.29, 1.82) is 0 Å². The number of benzene rings is 1. The third-order valence-electron chi connectivity index (χ3n) is 4.18. The van der Waals surface area contributed by atoms with Crippen LogP contribution in [0.4, 0.5) is 4.79 Å². The second kappa shape index (κ2) is 6.61. The summed E-state index contributed by atoms with van der Waals surface area (Å²) in [6.45, 7) is 2.51. The Morgan fingerprint density at radius 3 is 2.43 bits per heavy atom. The molecular formula is C16H22N2O3. The Balaban J connectivity index is 1.86. The van der Waals surface area contributed by atoms with Crippen LogP contribution in [0.3, 0.4) is 0 Å². The maximum absolute atomic E-state index is 12.1. The number of nitrogens with one attached hydrogen (secondary N) is 1. The number of hydrogen-bond acceptors (Lipinski definition) is 2. The number of carbonyl (C=O) groups is 2. The number of rotatable bonds is 5. The van der Waals surface area contributed by atoms with E-state index in [1.165, 1.54) is 19.3 Å². The molecule has 0 aromatic heterocycles. The molecular weight excluding hydrogens is 268 g/mol. The monoisotopic (exact) mass is 290 g/mol. The van der Waals surface area contributed by atoms with Crippen LogP contribution in [0.1, 0.15) is 42.1 Å². The first-order chi connectivity index (χ1) is 9.97. The summed E-state index contributed by atoms with van der Waals surface area (Å²) in [5, 5.41) is 11.9. The van der Waals surface area contributed by atoms with Gasteiger partial charge in [0.2, 0.25) is 0 Å². The molecule has 1 aromatic rings. The van der Waals surface area contributed by atoms with Gasteiger partial charge in [-0.2, -0.15) is 0 Å². The lowest BCUT2D eigenvalue weighted by molar-refractivity contribution is 0.0697. The van der Waals surface area contributed by atoms with Gasteiger partial charge in [0.1, 0.15) is 0 Å². The van der Waals surface area contributed by atoms with Crippen molar-refractivity contribution in [2.24, 2.45) is 5.92 Å². The molecule has 1 atom stereocenters. The van der Waals surface area contributed by atoms with E-state index in [0.29, 0.717) is 12.5 Å². The second-order valence-electron chi connectivity index (χ2n) is 5.79. The zero-order valence-corrected chi connectivity index (χ0v) is 12.5. The maximum atomic E-state index is 12.1. The molecule has 1 saturated carbocycles. The fourth-order valence-electron chi connectivity index (χ4n) is 2.46. The molecule has 0 bridgehead atoms. The Kier molecular flexibility index (Phi) is 4.83. The Labute approximate surface area is 125 Å². The highest BCUT2D eigenvalue weighted by molar-refractivity contribution is 5.87. The Hall–Kier alpha value is -2.04. The fourth-order valence-corrected chi connectivity index (χ4v) is 2.46. The van der Waals surface area contributed by atoms with E-state index in [1.54, 1.807) is 36.2 Å². The van der Waals surface area contributed by atoms with Crippen molar-refractivity contribution in [3.05, 3.63) is 35.4 Å². The fraction of sp³-hybridized carbons (Fsp3) is 0.500. The summed E-state index contributed by atoms with van der Waals surface area (Å²) in [4.78, 5) is 24.5. The van der Waals surface area contributed by atoms with Gasteiger partial charge in [0.15, 0.2) is 0 Å². The summed E-state index contributed by atoms with van der Waals surface area (Å²) < 4.78 is 0. The van der Waals surface area contributed by atoms with Gasteiger partial charge in [-0.1, -0.05) is 18.6 Å². The van der Waals surface area contributed by atoms with Crippen molar-refractivity contribution in [1.82, 2.24) is 10.2 Å². The Morgan fingerprint density at radius 1 is 1.33 bits per heavy atom. The average molecular weight is 290 g/mol. The van der Waals surface area contributed by atoms with Crippen LogP contribution in [0.25, 0.3) is 0 Å². The summed E-state index contributed by atoms with van der Waals surface area (Å²) in [6, 6.07) is 6.71. The molecule has 1 unspecified atom stereocenters. The molecule has 0 saturated heterocycles. The number of carbonyl (C=O) groups excluding carboxylic acids is 1. The van der Waals surface area contributed by atoms with Gasteiger partial charge < -0.3 is 15.3 Å². The summed E-state index contributed by atoms with van der Waals surface area (Å²) in [6.07, 6.45) is 3.65. The number of carboxylic acid groups (broad SMARTS) is 1. The SMILES string of the molecule is CC(NC(=O)N(C)Cc1ccc(C(=O)O)cc1)C1CCC1. The predicted octanol–water partition coefficient (Wildman–Crippen LogP) is 2.71. The molecule has 1 aliphatic carbocycles. The molecule has 0 aliphatic heterocycles. The molecule has 5 nitrogen and oxygen atoms in total. The molecule has 2 amide bonds. The van der Waals surface area contributed by atoms with E-state index < -0.39 is 5.97 Å². The number of nitrogens with zero attached hydrogens (tertiary/aromatic N) is 1. The van der Waals surface area contributed by atoms with Crippen molar-refractivity contribution in [3.63, 3.8) is 0 Å². The van der Waals surface area contributed by atoms with E-state index in [4.69, 9.17) is 5.11 Å². The van der Waals surface area contributed by atoms with Crippen molar-refractivity contribution >= 4 is 12.0 Å². The van der Waals surface area contributed by atoms with Crippen molar-refractivity contribution in [2.75, 3.05) is 7.05 Å². The van der Waals surface area contributed by atoms with Gasteiger partial charge in [-0.05, 0) is 43.4 Å². The molecule has 114 valence electrons. The Bertz CT molecular complexity index is 509. The average Bonchev–Trinajstić information content (AvgIpc) is 2.36. The molecule has 0 spiro atoms. The summed E-state index contributed by atoms with van der Waals surface area (Å²) >= 11 is 0. The molecule has 2 rings (SSSR count). The van der Waals surface area contributed by atoms with E-state index in [-0.39, 0.29) is 17.6 Å². The zero-order valence-electron chi connectivity index (χ0n) is 12.5. The van der Waals surface area contributed by atoms with Gasteiger partial charge >= 0.3 is 12.0 Å². The number of carboxylic acids is 1. The van der Waals surface area contributed by atoms with Crippen LogP contribution in [0.15, 0.2) is 24.3 Å². The van der Waals surface area contributed by atoms with Crippen LogP contribution < -0.4 is 5.32 Å². The van der Waals surface area contributed by atoms with Crippen LogP contribution in [-0.2, 0) is 6.54 Å². The molecule has 1 aromatic carbocycles. The smallest absolute Gasteiger partial charge is 0.335 e. The first kappa shape index (κ1) is 15.4. The standard InChI is InChI=1S/C16H22N2O3/c1-11(13-4-3-5-13)17-16(21)18(2)10-12-6-8-14(9-7-12)15(19)20/h6-9,11,13H,3-5,10H2,1-2H3,(H,17,21)(H,19,20). The highest BCUT2D eigenvalue weighted by Gasteiger charge is 2.25. The lowest BCUT2D eigenvalue weighted by Crippen LogP contribution is -2.46. The normalized spacial score (nSPS) is 15.9. The minimum atomic E-state index is -0.943. The van der Waals surface area contributed by atoms with E-state index in [0.717, 1.165) is 5.56 Å². The van der Waals surface area contributed by atoms with E-state index in [9.17, 15) is 9.59 Å². The third-order valence-corrected chi connectivity index (χ3v) is 4.18. The molecule has 1 aliphatic rings. The van der Waals surface area contributed by atoms with Gasteiger partial charge in [-0.25, -0.2) is 9.59 Å². The van der Waals surface area contributed by atoms with Crippen molar-refractivity contribution in [3.8, 4) is 0 Å². The summed E-state index contributed by atoms with van der Waals surface area (Å²) in [7, 11) is 1.74. The van der Waals surface area contributed by atoms with E-state index >= 15 is 0 Å². The lowest BCUT2D eigenvalue weighted by atomic mass is 9.80. The highest BCUT2D eigenvalue weighted by Crippen LogP contribution is 2.29. The minimum absolute atomic E-state index is 0.0864. The summed E-state index contributed by atoms with van der Waals surface area (Å²) in [5.74, 6) is -0.334. The number of amides is 2. The topological polar surface area (TPSA) is 69.6 Å². The maximum Gasteiger partial charge on any atom is 0.335 e. The zero-order chi connectivity index (χ0) is 15.4.